The van der Waals surface area contributed by atoms with E-state index in [0.29, 0.717) is 37.6 Å². The number of carbonyl (C=O) groups is 3. The number of nitrogens with one attached hydrogen (secondary N) is 1. The lowest BCUT2D eigenvalue weighted by molar-refractivity contribution is -0.122. The average molecular weight is 516 g/mol. The van der Waals surface area contributed by atoms with Crippen LogP contribution in [-0.2, 0) is 16.2 Å². The number of anilines is 1. The van der Waals surface area contributed by atoms with Crippen LogP contribution in [-0.4, -0.2) is 17.8 Å². The van der Waals surface area contributed by atoms with Crippen molar-refractivity contribution in [1.29, 1.82) is 0 Å². The van der Waals surface area contributed by atoms with Gasteiger partial charge in [-0.1, -0.05) is 59.1 Å². The molecule has 172 valence electrons. The SMILES string of the molecule is Cc1c(Cl)cccc1N1C(=O)NC(=O)/C(=C\c2ccc(OCc3ccc(Cl)c(Cl)c3)cc2)C1=O. The third-order valence-corrected chi connectivity index (χ3v) is 6.31. The van der Waals surface area contributed by atoms with E-state index in [1.165, 1.54) is 6.08 Å². The molecule has 6 nitrogen and oxygen atoms in total. The number of carbonyl (C=O) groups excluding carboxylic acids is 3. The number of hydrogen-bond acceptors (Lipinski definition) is 4. The van der Waals surface area contributed by atoms with Gasteiger partial charge in [-0.3, -0.25) is 14.9 Å². The molecule has 0 bridgehead atoms. The number of hydrogen-bond donors (Lipinski definition) is 1. The number of halogens is 3. The highest BCUT2D eigenvalue weighted by Gasteiger charge is 2.37. The monoisotopic (exact) mass is 514 g/mol. The van der Waals surface area contributed by atoms with Crippen LogP contribution >= 0.6 is 34.8 Å². The first-order valence-corrected chi connectivity index (χ1v) is 11.2. The fourth-order valence-electron chi connectivity index (χ4n) is 3.34. The lowest BCUT2D eigenvalue weighted by Gasteiger charge is -2.27. The van der Waals surface area contributed by atoms with Gasteiger partial charge < -0.3 is 4.74 Å². The molecule has 0 unspecified atom stereocenters. The highest BCUT2D eigenvalue weighted by atomic mass is 35.5. The standard InChI is InChI=1S/C25H17Cl3N2O4/c1-14-19(26)3-2-4-22(14)30-24(32)18(23(31)29-25(30)33)11-15-5-8-17(9-6-15)34-13-16-7-10-20(27)21(28)12-16/h2-12H,13H2,1H3,(H,29,31,33)/b18-11+. The van der Waals surface area contributed by atoms with E-state index in [9.17, 15) is 14.4 Å². The summed E-state index contributed by atoms with van der Waals surface area (Å²) in [6, 6.07) is 16.1. The minimum atomic E-state index is -0.830. The Morgan fingerprint density at radius 3 is 2.35 bits per heavy atom. The van der Waals surface area contributed by atoms with Crippen molar-refractivity contribution < 1.29 is 19.1 Å². The quantitative estimate of drug-likeness (QED) is 0.324. The number of ether oxygens (including phenoxy) is 1. The van der Waals surface area contributed by atoms with Crippen molar-refractivity contribution in [2.45, 2.75) is 13.5 Å². The molecule has 0 radical (unpaired) electrons. The van der Waals surface area contributed by atoms with Crippen molar-refractivity contribution >= 4 is 64.4 Å². The van der Waals surface area contributed by atoms with Gasteiger partial charge in [0.2, 0.25) is 0 Å². The molecule has 1 aliphatic rings. The van der Waals surface area contributed by atoms with Crippen LogP contribution < -0.4 is 15.0 Å². The summed E-state index contributed by atoms with van der Waals surface area (Å²) in [6.45, 7) is 1.98. The molecule has 0 atom stereocenters. The largest absolute Gasteiger partial charge is 0.489 e. The molecule has 4 amide bonds. The zero-order valence-corrected chi connectivity index (χ0v) is 20.0. The summed E-state index contributed by atoms with van der Waals surface area (Å²) in [7, 11) is 0. The maximum atomic E-state index is 13.1. The lowest BCUT2D eigenvalue weighted by Crippen LogP contribution is -2.54. The molecule has 4 rings (SSSR count). The molecule has 34 heavy (non-hydrogen) atoms. The van der Waals surface area contributed by atoms with Crippen LogP contribution in [0.1, 0.15) is 16.7 Å². The summed E-state index contributed by atoms with van der Waals surface area (Å²) in [6.07, 6.45) is 1.42. The normalized spacial score (nSPS) is 15.0. The Balaban J connectivity index is 1.53. The molecule has 0 aliphatic carbocycles. The van der Waals surface area contributed by atoms with Crippen molar-refractivity contribution in [2.75, 3.05) is 4.90 Å². The Bertz CT molecular complexity index is 1340. The highest BCUT2D eigenvalue weighted by Crippen LogP contribution is 2.30. The second kappa shape index (κ2) is 9.89. The summed E-state index contributed by atoms with van der Waals surface area (Å²) in [5.74, 6) is -0.927. The summed E-state index contributed by atoms with van der Waals surface area (Å²) in [5.41, 5.74) is 2.11. The van der Waals surface area contributed by atoms with E-state index in [1.807, 2.05) is 6.07 Å². The highest BCUT2D eigenvalue weighted by molar-refractivity contribution is 6.42. The Morgan fingerprint density at radius 2 is 1.65 bits per heavy atom. The summed E-state index contributed by atoms with van der Waals surface area (Å²) in [4.78, 5) is 38.8. The van der Waals surface area contributed by atoms with E-state index in [1.54, 1.807) is 61.5 Å². The molecule has 1 fully saturated rings. The van der Waals surface area contributed by atoms with Gasteiger partial charge in [-0.05, 0) is 66.1 Å². The van der Waals surface area contributed by atoms with Crippen molar-refractivity contribution in [3.63, 3.8) is 0 Å². The van der Waals surface area contributed by atoms with Gasteiger partial charge in [0, 0.05) is 5.02 Å². The first kappa shape index (κ1) is 23.8. The molecular formula is C25H17Cl3N2O4. The number of imide groups is 2. The Morgan fingerprint density at radius 1 is 0.912 bits per heavy atom. The van der Waals surface area contributed by atoms with E-state index in [-0.39, 0.29) is 12.2 Å². The van der Waals surface area contributed by atoms with E-state index in [4.69, 9.17) is 39.5 Å². The second-order valence-corrected chi connectivity index (χ2v) is 8.67. The van der Waals surface area contributed by atoms with Gasteiger partial charge in [0.25, 0.3) is 11.8 Å². The van der Waals surface area contributed by atoms with Gasteiger partial charge in [-0.15, -0.1) is 0 Å². The maximum Gasteiger partial charge on any atom is 0.335 e. The predicted molar refractivity (Wildman–Crippen MR) is 132 cm³/mol. The average Bonchev–Trinajstić information content (AvgIpc) is 2.81. The summed E-state index contributed by atoms with van der Waals surface area (Å²) < 4.78 is 5.75. The zero-order valence-electron chi connectivity index (χ0n) is 17.8. The van der Waals surface area contributed by atoms with Crippen molar-refractivity contribution in [3.05, 3.63) is 98.0 Å². The fourth-order valence-corrected chi connectivity index (χ4v) is 3.83. The third-order valence-electron chi connectivity index (χ3n) is 5.16. The van der Waals surface area contributed by atoms with Crippen LogP contribution in [0.4, 0.5) is 10.5 Å². The Kier molecular flexibility index (Phi) is 6.93. The van der Waals surface area contributed by atoms with Crippen LogP contribution in [0.3, 0.4) is 0 Å². The van der Waals surface area contributed by atoms with E-state index < -0.39 is 17.8 Å². The Hall–Kier alpha value is -3.32. The van der Waals surface area contributed by atoms with Crippen LogP contribution in [0.2, 0.25) is 15.1 Å². The van der Waals surface area contributed by atoms with E-state index >= 15 is 0 Å². The predicted octanol–water partition coefficient (Wildman–Crippen LogP) is 6.20. The molecule has 1 saturated heterocycles. The molecule has 0 aromatic heterocycles. The maximum absolute atomic E-state index is 13.1. The number of benzene rings is 3. The van der Waals surface area contributed by atoms with Crippen molar-refractivity contribution in [3.8, 4) is 5.75 Å². The third kappa shape index (κ3) is 4.94. The molecule has 1 N–H and O–H groups in total. The van der Waals surface area contributed by atoms with Crippen LogP contribution in [0.15, 0.2) is 66.2 Å². The smallest absolute Gasteiger partial charge is 0.335 e. The molecular weight excluding hydrogens is 499 g/mol. The van der Waals surface area contributed by atoms with Crippen molar-refractivity contribution in [2.24, 2.45) is 0 Å². The first-order chi connectivity index (χ1) is 16.2. The molecule has 0 saturated carbocycles. The van der Waals surface area contributed by atoms with E-state index in [2.05, 4.69) is 5.32 Å². The first-order valence-electron chi connectivity index (χ1n) is 10.1. The van der Waals surface area contributed by atoms with Crippen LogP contribution in [0.25, 0.3) is 6.08 Å². The lowest BCUT2D eigenvalue weighted by atomic mass is 10.1. The number of amides is 4. The summed E-state index contributed by atoms with van der Waals surface area (Å²) >= 11 is 18.1. The summed E-state index contributed by atoms with van der Waals surface area (Å²) in [5, 5.41) is 3.52. The number of barbiturate groups is 1. The zero-order chi connectivity index (χ0) is 24.4. The van der Waals surface area contributed by atoms with Gasteiger partial charge in [0.05, 0.1) is 15.7 Å². The van der Waals surface area contributed by atoms with Crippen LogP contribution in [0, 0.1) is 6.92 Å². The van der Waals surface area contributed by atoms with Gasteiger partial charge in [0.1, 0.15) is 17.9 Å². The number of rotatable bonds is 5. The number of nitrogens with zero attached hydrogens (tertiary/aromatic N) is 1. The van der Waals surface area contributed by atoms with Gasteiger partial charge in [0.15, 0.2) is 0 Å². The minimum Gasteiger partial charge on any atom is -0.489 e. The second-order valence-electron chi connectivity index (χ2n) is 7.45. The number of urea groups is 1. The molecule has 1 heterocycles. The molecule has 1 aliphatic heterocycles. The van der Waals surface area contributed by atoms with E-state index in [0.717, 1.165) is 10.5 Å². The fraction of sp³-hybridized carbons (Fsp3) is 0.0800. The van der Waals surface area contributed by atoms with Gasteiger partial charge in [-0.25, -0.2) is 9.69 Å². The molecule has 0 spiro atoms. The van der Waals surface area contributed by atoms with Gasteiger partial charge in [-0.2, -0.15) is 0 Å². The topological polar surface area (TPSA) is 75.7 Å². The Labute approximate surface area is 210 Å². The molecule has 9 heteroatoms. The van der Waals surface area contributed by atoms with Crippen molar-refractivity contribution in [1.82, 2.24) is 5.32 Å². The molecule has 3 aromatic carbocycles. The minimum absolute atomic E-state index is 0.177. The molecule has 3 aromatic rings. The van der Waals surface area contributed by atoms with Crippen LogP contribution in [0.5, 0.6) is 5.75 Å². The van der Waals surface area contributed by atoms with Gasteiger partial charge >= 0.3 is 6.03 Å².